The van der Waals surface area contributed by atoms with Crippen LogP contribution in [0.1, 0.15) is 5.56 Å². The Hall–Kier alpha value is -1.81. The summed E-state index contributed by atoms with van der Waals surface area (Å²) in [6.45, 7) is 2.11. The van der Waals surface area contributed by atoms with Gasteiger partial charge in [-0.05, 0) is 23.9 Å². The molecule has 80 valence electrons. The molecular formula is C12H10N2OS. The molecule has 0 spiro atoms. The van der Waals surface area contributed by atoms with Crippen molar-refractivity contribution in [3.63, 3.8) is 0 Å². The second kappa shape index (κ2) is 3.35. The maximum Gasteiger partial charge on any atom is 0.179 e. The number of hydrogen-bond donors (Lipinski definition) is 1. The summed E-state index contributed by atoms with van der Waals surface area (Å²) in [5.74, 6) is 1.15. The van der Waals surface area contributed by atoms with Crippen molar-refractivity contribution in [2.75, 3.05) is 5.73 Å². The van der Waals surface area contributed by atoms with E-state index < -0.39 is 0 Å². The van der Waals surface area contributed by atoms with E-state index in [4.69, 9.17) is 10.3 Å². The fourth-order valence-corrected chi connectivity index (χ4v) is 2.81. The number of fused-ring (bicyclic) bond motifs is 1. The van der Waals surface area contributed by atoms with E-state index in [0.717, 1.165) is 10.6 Å². The summed E-state index contributed by atoms with van der Waals surface area (Å²) in [6.07, 6.45) is 0. The molecule has 0 saturated carbocycles. The minimum absolute atomic E-state index is 0.421. The molecule has 2 aromatic heterocycles. The molecule has 0 aliphatic rings. The van der Waals surface area contributed by atoms with Crippen molar-refractivity contribution in [2.45, 2.75) is 6.92 Å². The highest BCUT2D eigenvalue weighted by Crippen LogP contribution is 2.35. The summed E-state index contributed by atoms with van der Waals surface area (Å²) >= 11 is 1.70. The maximum absolute atomic E-state index is 5.54. The molecule has 3 aromatic rings. The van der Waals surface area contributed by atoms with Gasteiger partial charge < -0.3 is 10.3 Å². The average Bonchev–Trinajstić information content (AvgIpc) is 2.84. The number of thiophene rings is 1. The molecule has 0 amide bonds. The van der Waals surface area contributed by atoms with Gasteiger partial charge in [0.25, 0.3) is 0 Å². The lowest BCUT2D eigenvalue weighted by Gasteiger charge is -1.91. The van der Waals surface area contributed by atoms with Gasteiger partial charge in [0.1, 0.15) is 0 Å². The summed E-state index contributed by atoms with van der Waals surface area (Å²) < 4.78 is 6.44. The number of aromatic nitrogens is 1. The third-order valence-corrected chi connectivity index (χ3v) is 3.81. The molecule has 3 rings (SSSR count). The lowest BCUT2D eigenvalue weighted by molar-refractivity contribution is 0.436. The highest BCUT2D eigenvalue weighted by Gasteiger charge is 2.09. The van der Waals surface area contributed by atoms with Crippen LogP contribution in [0.2, 0.25) is 0 Å². The van der Waals surface area contributed by atoms with E-state index in [1.807, 2.05) is 0 Å². The first kappa shape index (κ1) is 9.42. The molecular weight excluding hydrogens is 220 g/mol. The summed E-state index contributed by atoms with van der Waals surface area (Å²) in [4.78, 5) is 1.06. The Morgan fingerprint density at radius 1 is 1.31 bits per heavy atom. The summed E-state index contributed by atoms with van der Waals surface area (Å²) in [7, 11) is 0. The molecule has 0 saturated heterocycles. The lowest BCUT2D eigenvalue weighted by Crippen LogP contribution is -1.79. The molecule has 0 aliphatic carbocycles. The number of nitrogen functional groups attached to an aromatic ring is 1. The van der Waals surface area contributed by atoms with Crippen LogP contribution in [0.4, 0.5) is 5.82 Å². The van der Waals surface area contributed by atoms with E-state index in [1.165, 1.54) is 15.6 Å². The van der Waals surface area contributed by atoms with Crippen molar-refractivity contribution in [2.24, 2.45) is 0 Å². The molecule has 2 N–H and O–H groups in total. The van der Waals surface area contributed by atoms with Crippen molar-refractivity contribution < 1.29 is 4.52 Å². The van der Waals surface area contributed by atoms with Gasteiger partial charge >= 0.3 is 0 Å². The predicted molar refractivity (Wildman–Crippen MR) is 66.5 cm³/mol. The third-order valence-electron chi connectivity index (χ3n) is 2.51. The SMILES string of the molecule is Cc1cccc2cc(-c3cc(N)no3)sc12. The van der Waals surface area contributed by atoms with Gasteiger partial charge in [0.05, 0.1) is 4.88 Å². The van der Waals surface area contributed by atoms with Crippen LogP contribution in [-0.2, 0) is 0 Å². The minimum atomic E-state index is 0.421. The summed E-state index contributed by atoms with van der Waals surface area (Å²) in [5, 5.41) is 4.93. The van der Waals surface area contributed by atoms with Gasteiger partial charge in [0, 0.05) is 10.8 Å². The van der Waals surface area contributed by atoms with Gasteiger partial charge in [-0.25, -0.2) is 0 Å². The Morgan fingerprint density at radius 3 is 2.88 bits per heavy atom. The maximum atomic E-state index is 5.54. The van der Waals surface area contributed by atoms with Gasteiger partial charge in [0.15, 0.2) is 11.6 Å². The first-order chi connectivity index (χ1) is 7.74. The topological polar surface area (TPSA) is 52.0 Å². The van der Waals surface area contributed by atoms with E-state index in [9.17, 15) is 0 Å². The molecule has 0 fully saturated rings. The van der Waals surface area contributed by atoms with E-state index in [-0.39, 0.29) is 0 Å². The zero-order valence-corrected chi connectivity index (χ0v) is 9.54. The monoisotopic (exact) mass is 230 g/mol. The second-order valence-corrected chi connectivity index (χ2v) is 4.77. The Morgan fingerprint density at radius 2 is 2.19 bits per heavy atom. The molecule has 0 bridgehead atoms. The number of aryl methyl sites for hydroxylation is 1. The van der Waals surface area contributed by atoms with Crippen LogP contribution in [0.25, 0.3) is 20.7 Å². The molecule has 1 aromatic carbocycles. The van der Waals surface area contributed by atoms with Crippen molar-refractivity contribution in [3.8, 4) is 10.6 Å². The predicted octanol–water partition coefficient (Wildman–Crippen LogP) is 3.45. The molecule has 0 atom stereocenters. The van der Waals surface area contributed by atoms with Crippen molar-refractivity contribution >= 4 is 27.2 Å². The summed E-state index contributed by atoms with van der Waals surface area (Å²) in [5.41, 5.74) is 6.82. The highest BCUT2D eigenvalue weighted by atomic mass is 32.1. The van der Waals surface area contributed by atoms with Crippen LogP contribution < -0.4 is 5.73 Å². The van der Waals surface area contributed by atoms with Gasteiger partial charge in [-0.1, -0.05) is 23.4 Å². The third kappa shape index (κ3) is 1.39. The normalized spacial score (nSPS) is 11.1. The lowest BCUT2D eigenvalue weighted by atomic mass is 10.2. The quantitative estimate of drug-likeness (QED) is 0.696. The van der Waals surface area contributed by atoms with Crippen molar-refractivity contribution in [1.82, 2.24) is 5.16 Å². The number of nitrogens with two attached hydrogens (primary N) is 1. The van der Waals surface area contributed by atoms with E-state index in [1.54, 1.807) is 17.4 Å². The van der Waals surface area contributed by atoms with Crippen LogP contribution in [0, 0.1) is 6.92 Å². The van der Waals surface area contributed by atoms with Crippen molar-refractivity contribution in [3.05, 3.63) is 35.9 Å². The van der Waals surface area contributed by atoms with Crippen LogP contribution in [0.3, 0.4) is 0 Å². The molecule has 0 aliphatic heterocycles. The molecule has 0 radical (unpaired) electrons. The van der Waals surface area contributed by atoms with Crippen LogP contribution in [-0.4, -0.2) is 5.16 Å². The van der Waals surface area contributed by atoms with Crippen molar-refractivity contribution in [1.29, 1.82) is 0 Å². The van der Waals surface area contributed by atoms with Gasteiger partial charge in [-0.15, -0.1) is 11.3 Å². The standard InChI is InChI=1S/C12H10N2OS/c1-7-3-2-4-8-5-10(16-12(7)8)9-6-11(13)14-15-9/h2-6H,1H3,(H2,13,14). The Balaban J connectivity index is 2.22. The molecule has 0 unspecified atom stereocenters. The first-order valence-corrected chi connectivity index (χ1v) is 5.77. The second-order valence-electron chi connectivity index (χ2n) is 3.72. The van der Waals surface area contributed by atoms with E-state index in [0.29, 0.717) is 5.82 Å². The zero-order chi connectivity index (χ0) is 11.1. The Labute approximate surface area is 96.5 Å². The fourth-order valence-electron chi connectivity index (χ4n) is 1.74. The van der Waals surface area contributed by atoms with Gasteiger partial charge in [0.2, 0.25) is 0 Å². The number of benzene rings is 1. The Kier molecular flexibility index (Phi) is 1.97. The summed E-state index contributed by atoms with van der Waals surface area (Å²) in [6, 6.07) is 10.1. The fraction of sp³-hybridized carbons (Fsp3) is 0.0833. The highest BCUT2D eigenvalue weighted by molar-refractivity contribution is 7.22. The van der Waals surface area contributed by atoms with E-state index >= 15 is 0 Å². The largest absolute Gasteiger partial charge is 0.381 e. The molecule has 2 heterocycles. The zero-order valence-electron chi connectivity index (χ0n) is 8.73. The molecule has 4 heteroatoms. The number of rotatable bonds is 1. The molecule has 3 nitrogen and oxygen atoms in total. The van der Waals surface area contributed by atoms with Crippen LogP contribution >= 0.6 is 11.3 Å². The van der Waals surface area contributed by atoms with Crippen LogP contribution in [0.15, 0.2) is 34.9 Å². The van der Waals surface area contributed by atoms with Gasteiger partial charge in [-0.3, -0.25) is 0 Å². The number of hydrogen-bond acceptors (Lipinski definition) is 4. The van der Waals surface area contributed by atoms with E-state index in [2.05, 4.69) is 36.3 Å². The minimum Gasteiger partial charge on any atom is -0.381 e. The van der Waals surface area contributed by atoms with Crippen LogP contribution in [0.5, 0.6) is 0 Å². The molecule has 16 heavy (non-hydrogen) atoms. The smallest absolute Gasteiger partial charge is 0.179 e. The Bertz CT molecular complexity index is 654. The average molecular weight is 230 g/mol. The first-order valence-electron chi connectivity index (χ1n) is 4.96. The van der Waals surface area contributed by atoms with Gasteiger partial charge in [-0.2, -0.15) is 0 Å². The number of nitrogens with zero attached hydrogens (tertiary/aromatic N) is 1. The number of anilines is 1.